The van der Waals surface area contributed by atoms with Crippen molar-refractivity contribution in [3.05, 3.63) is 28.2 Å². The van der Waals surface area contributed by atoms with Crippen LogP contribution in [-0.2, 0) is 4.74 Å². The van der Waals surface area contributed by atoms with Gasteiger partial charge in [0.25, 0.3) is 0 Å². The quantitative estimate of drug-likeness (QED) is 0.840. The molecule has 0 bridgehead atoms. The largest absolute Gasteiger partial charge is 0.493 e. The minimum Gasteiger partial charge on any atom is -0.493 e. The molecular formula is C16H23BrO3. The van der Waals surface area contributed by atoms with Gasteiger partial charge in [-0.15, -0.1) is 0 Å². The highest BCUT2D eigenvalue weighted by atomic mass is 79.9. The van der Waals surface area contributed by atoms with Crippen LogP contribution in [0.3, 0.4) is 0 Å². The van der Waals surface area contributed by atoms with E-state index < -0.39 is 6.10 Å². The molecule has 1 aromatic rings. The number of halogens is 1. The first kappa shape index (κ1) is 15.8. The molecule has 0 radical (unpaired) electrons. The van der Waals surface area contributed by atoms with Crippen LogP contribution in [0.4, 0.5) is 0 Å². The van der Waals surface area contributed by atoms with Gasteiger partial charge in [-0.2, -0.15) is 0 Å². The second kappa shape index (κ2) is 8.01. The van der Waals surface area contributed by atoms with Gasteiger partial charge in [0.1, 0.15) is 5.75 Å². The molecule has 20 heavy (non-hydrogen) atoms. The Morgan fingerprint density at radius 2 is 2.30 bits per heavy atom. The molecule has 2 unspecified atom stereocenters. The molecule has 1 aliphatic heterocycles. The fourth-order valence-corrected chi connectivity index (χ4v) is 2.98. The molecule has 2 rings (SSSR count). The van der Waals surface area contributed by atoms with Crippen LogP contribution in [0.15, 0.2) is 22.7 Å². The molecule has 4 heteroatoms. The average molecular weight is 343 g/mol. The third-order valence-corrected chi connectivity index (χ3v) is 4.16. The van der Waals surface area contributed by atoms with Crippen molar-refractivity contribution in [2.24, 2.45) is 0 Å². The van der Waals surface area contributed by atoms with Gasteiger partial charge < -0.3 is 14.6 Å². The molecule has 0 spiro atoms. The minimum absolute atomic E-state index is 0.307. The first-order chi connectivity index (χ1) is 9.70. The van der Waals surface area contributed by atoms with Gasteiger partial charge in [0.15, 0.2) is 0 Å². The Labute approximate surface area is 129 Å². The molecule has 112 valence electrons. The van der Waals surface area contributed by atoms with Crippen molar-refractivity contribution >= 4 is 15.9 Å². The fourth-order valence-electron chi connectivity index (χ4n) is 2.60. The summed E-state index contributed by atoms with van der Waals surface area (Å²) in [6.45, 7) is 3.42. The number of aliphatic hydroxyl groups excluding tert-OH is 1. The molecule has 1 heterocycles. The Morgan fingerprint density at radius 3 is 3.00 bits per heavy atom. The van der Waals surface area contributed by atoms with E-state index in [0.717, 1.165) is 35.2 Å². The monoisotopic (exact) mass is 342 g/mol. The third-order valence-electron chi connectivity index (χ3n) is 3.67. The van der Waals surface area contributed by atoms with Crippen molar-refractivity contribution in [1.29, 1.82) is 0 Å². The number of benzene rings is 1. The molecule has 1 fully saturated rings. The maximum absolute atomic E-state index is 10.4. The lowest BCUT2D eigenvalue weighted by Crippen LogP contribution is -2.19. The molecule has 1 aliphatic rings. The number of aliphatic hydroxyl groups is 1. The molecule has 0 amide bonds. The summed E-state index contributed by atoms with van der Waals surface area (Å²) in [5.74, 6) is 0.771. The normalized spacial score (nSPS) is 20.6. The Kier molecular flexibility index (Phi) is 6.33. The summed E-state index contributed by atoms with van der Waals surface area (Å²) in [4.78, 5) is 0. The van der Waals surface area contributed by atoms with E-state index in [9.17, 15) is 5.11 Å². The van der Waals surface area contributed by atoms with Crippen molar-refractivity contribution in [2.75, 3.05) is 13.2 Å². The van der Waals surface area contributed by atoms with Crippen molar-refractivity contribution in [3.8, 4) is 5.75 Å². The number of ether oxygens (including phenoxy) is 2. The highest BCUT2D eigenvalue weighted by molar-refractivity contribution is 9.10. The van der Waals surface area contributed by atoms with Gasteiger partial charge >= 0.3 is 0 Å². The van der Waals surface area contributed by atoms with E-state index in [4.69, 9.17) is 9.47 Å². The second-order valence-electron chi connectivity index (χ2n) is 5.20. The molecule has 1 aromatic carbocycles. The standard InChI is InChI=1S/C16H23BrO3/c1-2-19-16-9-6-12(17)11-14(16)15(18)8-7-13-5-3-4-10-20-13/h6,9,11,13,15,18H,2-5,7-8,10H2,1H3. The van der Waals surface area contributed by atoms with E-state index in [1.54, 1.807) is 0 Å². The maximum atomic E-state index is 10.4. The maximum Gasteiger partial charge on any atom is 0.125 e. The number of rotatable bonds is 6. The SMILES string of the molecule is CCOc1ccc(Br)cc1C(O)CCC1CCCCO1. The second-order valence-corrected chi connectivity index (χ2v) is 6.11. The molecule has 0 saturated carbocycles. The van der Waals surface area contributed by atoms with Gasteiger partial charge in [0.05, 0.1) is 18.8 Å². The molecule has 2 atom stereocenters. The lowest BCUT2D eigenvalue weighted by molar-refractivity contribution is 0.00195. The molecular weight excluding hydrogens is 320 g/mol. The first-order valence-electron chi connectivity index (χ1n) is 7.42. The molecule has 0 aromatic heterocycles. The summed E-state index contributed by atoms with van der Waals surface area (Å²) in [6.07, 6.45) is 4.94. The Balaban J connectivity index is 1.96. The zero-order valence-electron chi connectivity index (χ0n) is 12.0. The molecule has 1 saturated heterocycles. The summed E-state index contributed by atoms with van der Waals surface area (Å²) < 4.78 is 12.3. The van der Waals surface area contributed by atoms with E-state index in [1.807, 2.05) is 25.1 Å². The van der Waals surface area contributed by atoms with E-state index in [-0.39, 0.29) is 0 Å². The smallest absolute Gasteiger partial charge is 0.125 e. The van der Waals surface area contributed by atoms with Crippen LogP contribution in [0.5, 0.6) is 5.75 Å². The summed E-state index contributed by atoms with van der Waals surface area (Å²) in [6, 6.07) is 5.78. The van der Waals surface area contributed by atoms with Crippen LogP contribution in [0.2, 0.25) is 0 Å². The predicted molar refractivity (Wildman–Crippen MR) is 83.1 cm³/mol. The van der Waals surface area contributed by atoms with Gasteiger partial charge in [-0.25, -0.2) is 0 Å². The van der Waals surface area contributed by atoms with E-state index in [0.29, 0.717) is 19.1 Å². The molecule has 0 aliphatic carbocycles. The van der Waals surface area contributed by atoms with E-state index in [1.165, 1.54) is 12.8 Å². The summed E-state index contributed by atoms with van der Waals surface area (Å²) >= 11 is 3.45. The summed E-state index contributed by atoms with van der Waals surface area (Å²) in [5, 5.41) is 10.4. The summed E-state index contributed by atoms with van der Waals surface area (Å²) in [7, 11) is 0. The highest BCUT2D eigenvalue weighted by Gasteiger charge is 2.19. The zero-order valence-corrected chi connectivity index (χ0v) is 13.6. The van der Waals surface area contributed by atoms with Crippen molar-refractivity contribution in [1.82, 2.24) is 0 Å². The molecule has 1 N–H and O–H groups in total. The van der Waals surface area contributed by atoms with Crippen LogP contribution in [0.1, 0.15) is 50.7 Å². The van der Waals surface area contributed by atoms with Crippen molar-refractivity contribution < 1.29 is 14.6 Å². The topological polar surface area (TPSA) is 38.7 Å². The number of hydrogen-bond donors (Lipinski definition) is 1. The third kappa shape index (κ3) is 4.47. The van der Waals surface area contributed by atoms with Crippen LogP contribution < -0.4 is 4.74 Å². The van der Waals surface area contributed by atoms with Crippen LogP contribution in [0.25, 0.3) is 0 Å². The van der Waals surface area contributed by atoms with Gasteiger partial charge in [0.2, 0.25) is 0 Å². The van der Waals surface area contributed by atoms with E-state index in [2.05, 4.69) is 15.9 Å². The molecule has 3 nitrogen and oxygen atoms in total. The Hall–Kier alpha value is -0.580. The van der Waals surface area contributed by atoms with Crippen molar-refractivity contribution in [2.45, 2.75) is 51.2 Å². The van der Waals surface area contributed by atoms with Gasteiger partial charge in [0, 0.05) is 16.6 Å². The van der Waals surface area contributed by atoms with Crippen LogP contribution in [0, 0.1) is 0 Å². The summed E-state index contributed by atoms with van der Waals surface area (Å²) in [5.41, 5.74) is 0.858. The van der Waals surface area contributed by atoms with Crippen LogP contribution >= 0.6 is 15.9 Å². The minimum atomic E-state index is -0.500. The van der Waals surface area contributed by atoms with Crippen molar-refractivity contribution in [3.63, 3.8) is 0 Å². The van der Waals surface area contributed by atoms with E-state index >= 15 is 0 Å². The predicted octanol–water partition coefficient (Wildman–Crippen LogP) is 4.23. The average Bonchev–Trinajstić information content (AvgIpc) is 2.48. The van der Waals surface area contributed by atoms with Crippen LogP contribution in [-0.4, -0.2) is 24.4 Å². The lowest BCUT2D eigenvalue weighted by atomic mass is 9.98. The zero-order chi connectivity index (χ0) is 14.4. The lowest BCUT2D eigenvalue weighted by Gasteiger charge is -2.24. The number of hydrogen-bond acceptors (Lipinski definition) is 3. The Morgan fingerprint density at radius 1 is 1.45 bits per heavy atom. The van der Waals surface area contributed by atoms with Gasteiger partial charge in [-0.05, 0) is 57.2 Å². The van der Waals surface area contributed by atoms with Gasteiger partial charge in [-0.3, -0.25) is 0 Å². The fraction of sp³-hybridized carbons (Fsp3) is 0.625. The highest BCUT2D eigenvalue weighted by Crippen LogP contribution is 2.32. The Bertz CT molecular complexity index is 416. The first-order valence-corrected chi connectivity index (χ1v) is 8.22. The van der Waals surface area contributed by atoms with Gasteiger partial charge in [-0.1, -0.05) is 15.9 Å².